The van der Waals surface area contributed by atoms with Gasteiger partial charge in [-0.2, -0.15) is 13.2 Å². The molecule has 1 N–H and O–H groups in total. The normalized spacial score (nSPS) is 11.2. The molecule has 0 fully saturated rings. The zero-order valence-corrected chi connectivity index (χ0v) is 14.5. The molecular weight excluding hydrogens is 351 g/mol. The maximum Gasteiger partial charge on any atom is 0.450 e. The number of benzene rings is 1. The van der Waals surface area contributed by atoms with Gasteiger partial charge in [0.25, 0.3) is 0 Å². The van der Waals surface area contributed by atoms with Crippen LogP contribution in [0.4, 0.5) is 18.0 Å². The Morgan fingerprint density at radius 1 is 1.08 bits per heavy atom. The fraction of sp³-hybridized carbons (Fsp3) is 0.389. The lowest BCUT2D eigenvalue weighted by atomic mass is 10.0. The molecule has 1 rings (SSSR count). The van der Waals surface area contributed by atoms with Crippen LogP contribution in [-0.2, 0) is 9.53 Å². The van der Waals surface area contributed by atoms with Crippen molar-refractivity contribution in [2.24, 2.45) is 0 Å². The molecular formula is C18H18F3NO4. The van der Waals surface area contributed by atoms with Gasteiger partial charge in [-0.1, -0.05) is 24.0 Å². The third kappa shape index (κ3) is 7.83. The zero-order chi connectivity index (χ0) is 20.0. The summed E-state index contributed by atoms with van der Waals surface area (Å²) in [4.78, 5) is 33.9. The Kier molecular flexibility index (Phi) is 6.95. The molecule has 5 nitrogen and oxygen atoms in total. The summed E-state index contributed by atoms with van der Waals surface area (Å²) in [5.74, 6) is 2.38. The number of rotatable bonds is 4. The van der Waals surface area contributed by atoms with Gasteiger partial charge < -0.3 is 10.1 Å². The number of hydrogen-bond acceptors (Lipinski definition) is 4. The Morgan fingerprint density at radius 2 is 1.65 bits per heavy atom. The van der Waals surface area contributed by atoms with Gasteiger partial charge in [0.2, 0.25) is 5.78 Å². The van der Waals surface area contributed by atoms with Crippen LogP contribution in [0.1, 0.15) is 43.1 Å². The topological polar surface area (TPSA) is 72.5 Å². The van der Waals surface area contributed by atoms with Gasteiger partial charge in [0.1, 0.15) is 5.60 Å². The number of carbonyl (C=O) groups excluding carboxylic acids is 3. The van der Waals surface area contributed by atoms with E-state index in [-0.39, 0.29) is 12.1 Å². The van der Waals surface area contributed by atoms with E-state index in [1.807, 2.05) is 0 Å². The van der Waals surface area contributed by atoms with Crippen molar-refractivity contribution < 1.29 is 32.3 Å². The summed E-state index contributed by atoms with van der Waals surface area (Å²) in [5, 5.41) is 2.44. The summed E-state index contributed by atoms with van der Waals surface area (Å²) in [6, 6.07) is 5.45. The van der Waals surface area contributed by atoms with E-state index in [1.165, 1.54) is 24.3 Å². The second kappa shape index (κ2) is 8.52. The molecule has 1 aromatic rings. The van der Waals surface area contributed by atoms with Crippen molar-refractivity contribution >= 4 is 17.7 Å². The second-order valence-electron chi connectivity index (χ2n) is 6.26. The second-order valence-corrected chi connectivity index (χ2v) is 6.26. The molecule has 1 aromatic carbocycles. The van der Waals surface area contributed by atoms with Crippen molar-refractivity contribution in [3.63, 3.8) is 0 Å². The fourth-order valence-electron chi connectivity index (χ4n) is 1.66. The molecule has 0 heterocycles. The minimum atomic E-state index is -5.03. The SMILES string of the molecule is CC(C)(C)OC(=O)NCC#Cc1ccc(C(=O)CC(=O)C(F)(F)F)cc1. The van der Waals surface area contributed by atoms with Crippen LogP contribution in [0.2, 0.25) is 0 Å². The molecule has 0 saturated carbocycles. The molecule has 0 saturated heterocycles. The number of carbonyl (C=O) groups is 3. The number of Topliss-reactive ketones (excluding diaryl/α,β-unsaturated/α-hetero) is 2. The molecule has 8 heteroatoms. The average molecular weight is 369 g/mol. The molecule has 0 atom stereocenters. The van der Waals surface area contributed by atoms with E-state index in [2.05, 4.69) is 17.2 Å². The molecule has 0 aliphatic rings. The molecule has 0 aromatic heterocycles. The fourth-order valence-corrected chi connectivity index (χ4v) is 1.66. The Balaban J connectivity index is 2.57. The largest absolute Gasteiger partial charge is 0.450 e. The minimum Gasteiger partial charge on any atom is -0.444 e. The van der Waals surface area contributed by atoms with Crippen molar-refractivity contribution in [3.8, 4) is 11.8 Å². The molecule has 0 radical (unpaired) electrons. The number of ketones is 2. The predicted molar refractivity (Wildman–Crippen MR) is 87.6 cm³/mol. The van der Waals surface area contributed by atoms with Crippen molar-refractivity contribution in [1.82, 2.24) is 5.32 Å². The van der Waals surface area contributed by atoms with E-state index < -0.39 is 35.9 Å². The van der Waals surface area contributed by atoms with Crippen molar-refractivity contribution in [2.45, 2.75) is 39.0 Å². The van der Waals surface area contributed by atoms with Crippen LogP contribution < -0.4 is 5.32 Å². The number of amides is 1. The van der Waals surface area contributed by atoms with Gasteiger partial charge >= 0.3 is 12.3 Å². The minimum absolute atomic E-state index is 0.0139. The third-order valence-electron chi connectivity index (χ3n) is 2.80. The Labute approximate surface area is 148 Å². The van der Waals surface area contributed by atoms with Gasteiger partial charge in [0, 0.05) is 11.1 Å². The average Bonchev–Trinajstić information content (AvgIpc) is 2.49. The van der Waals surface area contributed by atoms with Crippen LogP contribution in [0.15, 0.2) is 24.3 Å². The van der Waals surface area contributed by atoms with Crippen LogP contribution in [0.3, 0.4) is 0 Å². The molecule has 26 heavy (non-hydrogen) atoms. The molecule has 140 valence electrons. The summed E-state index contributed by atoms with van der Waals surface area (Å²) >= 11 is 0. The molecule has 1 amide bonds. The molecule has 0 aliphatic carbocycles. The third-order valence-corrected chi connectivity index (χ3v) is 2.80. The van der Waals surface area contributed by atoms with Crippen LogP contribution in [0.25, 0.3) is 0 Å². The molecule has 0 aliphatic heterocycles. The zero-order valence-electron chi connectivity index (χ0n) is 14.5. The first-order valence-electron chi connectivity index (χ1n) is 7.57. The van der Waals surface area contributed by atoms with E-state index in [0.29, 0.717) is 5.56 Å². The van der Waals surface area contributed by atoms with Gasteiger partial charge in [0.15, 0.2) is 5.78 Å². The molecule has 0 spiro atoms. The van der Waals surface area contributed by atoms with Gasteiger partial charge in [-0.15, -0.1) is 0 Å². The maximum atomic E-state index is 12.2. The standard InChI is InChI=1S/C18H18F3NO4/c1-17(2,3)26-16(25)22-10-4-5-12-6-8-13(9-7-12)14(23)11-15(24)18(19,20)21/h6-9H,10-11H2,1-3H3,(H,22,25). The summed E-state index contributed by atoms with van der Waals surface area (Å²) < 4.78 is 41.5. The summed E-state index contributed by atoms with van der Waals surface area (Å²) in [7, 11) is 0. The first-order chi connectivity index (χ1) is 11.9. The smallest absolute Gasteiger partial charge is 0.444 e. The highest BCUT2D eigenvalue weighted by Gasteiger charge is 2.39. The number of nitrogens with one attached hydrogen (secondary N) is 1. The highest BCUT2D eigenvalue weighted by molar-refractivity contribution is 6.09. The number of halogens is 3. The number of alkyl halides is 3. The highest BCUT2D eigenvalue weighted by Crippen LogP contribution is 2.19. The monoisotopic (exact) mass is 369 g/mol. The summed E-state index contributed by atoms with van der Waals surface area (Å²) in [6.07, 6.45) is -6.86. The first kappa shape index (κ1) is 21.2. The van der Waals surface area contributed by atoms with Gasteiger partial charge in [-0.05, 0) is 32.9 Å². The van der Waals surface area contributed by atoms with Gasteiger partial charge in [-0.25, -0.2) is 4.79 Å². The number of hydrogen-bond donors (Lipinski definition) is 1. The van der Waals surface area contributed by atoms with Crippen molar-refractivity contribution in [2.75, 3.05) is 6.54 Å². The molecule has 0 unspecified atom stereocenters. The van der Waals surface area contributed by atoms with Crippen molar-refractivity contribution in [1.29, 1.82) is 0 Å². The highest BCUT2D eigenvalue weighted by atomic mass is 19.4. The predicted octanol–water partition coefficient (Wildman–Crippen LogP) is 3.27. The lowest BCUT2D eigenvalue weighted by Gasteiger charge is -2.18. The Bertz CT molecular complexity index is 735. The van der Waals surface area contributed by atoms with Crippen LogP contribution >= 0.6 is 0 Å². The van der Waals surface area contributed by atoms with E-state index in [4.69, 9.17) is 4.74 Å². The van der Waals surface area contributed by atoms with Crippen LogP contribution in [0.5, 0.6) is 0 Å². The van der Waals surface area contributed by atoms with Crippen LogP contribution in [-0.4, -0.2) is 36.0 Å². The van der Waals surface area contributed by atoms with E-state index in [1.54, 1.807) is 20.8 Å². The maximum absolute atomic E-state index is 12.2. The van der Waals surface area contributed by atoms with E-state index >= 15 is 0 Å². The number of ether oxygens (including phenoxy) is 1. The lowest BCUT2D eigenvalue weighted by Crippen LogP contribution is -2.32. The van der Waals surface area contributed by atoms with E-state index in [0.717, 1.165) is 0 Å². The lowest BCUT2D eigenvalue weighted by molar-refractivity contribution is -0.170. The Morgan fingerprint density at radius 3 is 2.15 bits per heavy atom. The van der Waals surface area contributed by atoms with Crippen molar-refractivity contribution in [3.05, 3.63) is 35.4 Å². The van der Waals surface area contributed by atoms with E-state index in [9.17, 15) is 27.6 Å². The summed E-state index contributed by atoms with van der Waals surface area (Å²) in [6.45, 7) is 5.21. The summed E-state index contributed by atoms with van der Waals surface area (Å²) in [5.41, 5.74) is -0.136. The first-order valence-corrected chi connectivity index (χ1v) is 7.57. The Hall–Kier alpha value is -2.82. The van der Waals surface area contributed by atoms with Gasteiger partial charge in [-0.3, -0.25) is 9.59 Å². The number of alkyl carbamates (subject to hydrolysis) is 1. The molecule has 0 bridgehead atoms. The van der Waals surface area contributed by atoms with Gasteiger partial charge in [0.05, 0.1) is 13.0 Å². The quantitative estimate of drug-likeness (QED) is 0.502. The van der Waals surface area contributed by atoms with Crippen LogP contribution in [0, 0.1) is 11.8 Å².